The average molecular weight is 911 g/mol. The monoisotopic (exact) mass is 911 g/mol. The van der Waals surface area contributed by atoms with Crippen LogP contribution in [-0.4, -0.2) is 133 Å². The number of carbonyl (C=O) groups excluding carboxylic acids is 8. The largest absolute Gasteiger partial charge is 0.396 e. The summed E-state index contributed by atoms with van der Waals surface area (Å²) in [6.45, 7) is 2.74. The van der Waals surface area contributed by atoms with Gasteiger partial charge in [-0.25, -0.2) is 0 Å². The molecule has 19 heteroatoms. The van der Waals surface area contributed by atoms with Crippen molar-refractivity contribution in [1.82, 2.24) is 42.5 Å². The van der Waals surface area contributed by atoms with Gasteiger partial charge in [-0.2, -0.15) is 0 Å². The highest BCUT2D eigenvalue weighted by Crippen LogP contribution is 2.14. The molecule has 64 heavy (non-hydrogen) atoms. The van der Waals surface area contributed by atoms with Crippen LogP contribution in [0.3, 0.4) is 0 Å². The number of carbonyl (C=O) groups is 8. The zero-order valence-electron chi connectivity index (χ0n) is 38.5. The zero-order valence-corrected chi connectivity index (χ0v) is 38.5. The van der Waals surface area contributed by atoms with E-state index in [0.717, 1.165) is 19.3 Å². The Balaban J connectivity index is 3.05. The first-order chi connectivity index (χ1) is 30.9. The quantitative estimate of drug-likeness (QED) is 0.0388. The van der Waals surface area contributed by atoms with E-state index in [0.29, 0.717) is 32.2 Å². The van der Waals surface area contributed by atoms with Crippen LogP contribution in [0.15, 0.2) is 0 Å². The first-order valence-corrected chi connectivity index (χ1v) is 24.1. The standard InChI is InChI=1S/C45H82N8O11/c1-2-3-4-5-6-7-8-9-10-11-12-13-14-15-27-49-42(61)34(19-23-38(57)46-28-16-31-54)51-44(63)36(20-24-39(58)47-29-17-32-55)53-45(64)37(21-25-40(59)48-30-18-33-56)52-43(62)35-22-26-41(60)50-35/h34-37,54-56H,2-33H2,1H3,(H,46,57)(H,47,58)(H,48,59)(H,49,61)(H,50,60)(H,51,63)(H,52,62)(H,53,64)/t34-,35-,36-,37-/m0/s1. The summed E-state index contributed by atoms with van der Waals surface area (Å²) >= 11 is 0. The van der Waals surface area contributed by atoms with Gasteiger partial charge in [0.15, 0.2) is 0 Å². The maximum Gasteiger partial charge on any atom is 0.243 e. The van der Waals surface area contributed by atoms with E-state index in [-0.39, 0.29) is 96.7 Å². The lowest BCUT2D eigenvalue weighted by Gasteiger charge is -2.26. The van der Waals surface area contributed by atoms with E-state index in [1.54, 1.807) is 0 Å². The SMILES string of the molecule is CCCCCCCCCCCCCCCCNC(=O)[C@H](CCC(=O)NCCCO)NC(=O)[C@H](CCC(=O)NCCCO)NC(=O)[C@H](CCC(=O)NCCCO)NC(=O)[C@@H]1CCC(=O)N1. The van der Waals surface area contributed by atoms with Crippen molar-refractivity contribution in [2.75, 3.05) is 46.0 Å². The minimum absolute atomic E-state index is 0.0965. The molecule has 368 valence electrons. The third-order valence-electron chi connectivity index (χ3n) is 11.0. The number of rotatable bonds is 40. The molecule has 0 radical (unpaired) electrons. The Labute approximate surface area is 380 Å². The molecule has 1 saturated heterocycles. The van der Waals surface area contributed by atoms with Crippen molar-refractivity contribution >= 4 is 47.3 Å². The minimum atomic E-state index is -1.42. The Hall–Kier alpha value is -4.36. The van der Waals surface area contributed by atoms with E-state index in [4.69, 9.17) is 15.3 Å². The maximum atomic E-state index is 14.0. The summed E-state index contributed by atoms with van der Waals surface area (Å²) in [5.74, 6) is -4.53. The van der Waals surface area contributed by atoms with Crippen molar-refractivity contribution in [3.8, 4) is 0 Å². The van der Waals surface area contributed by atoms with E-state index in [9.17, 15) is 38.4 Å². The minimum Gasteiger partial charge on any atom is -0.396 e. The summed E-state index contributed by atoms with van der Waals surface area (Å²) < 4.78 is 0. The zero-order chi connectivity index (χ0) is 47.2. The fourth-order valence-corrected chi connectivity index (χ4v) is 7.10. The molecule has 1 aliphatic rings. The fourth-order valence-electron chi connectivity index (χ4n) is 7.10. The molecule has 0 bridgehead atoms. The lowest BCUT2D eigenvalue weighted by molar-refractivity contribution is -0.135. The molecule has 1 fully saturated rings. The highest BCUT2D eigenvalue weighted by molar-refractivity contribution is 5.97. The van der Waals surface area contributed by atoms with Gasteiger partial charge in [0.05, 0.1) is 0 Å². The number of amides is 8. The number of unbranched alkanes of at least 4 members (excludes halogenated alkanes) is 13. The van der Waals surface area contributed by atoms with Gasteiger partial charge >= 0.3 is 0 Å². The summed E-state index contributed by atoms with van der Waals surface area (Å²) in [5.41, 5.74) is 0. The van der Waals surface area contributed by atoms with Crippen molar-refractivity contribution in [2.45, 2.75) is 192 Å². The average Bonchev–Trinajstić information content (AvgIpc) is 3.72. The fraction of sp³-hybridized carbons (Fsp3) is 0.822. The highest BCUT2D eigenvalue weighted by atomic mass is 16.3. The Morgan fingerprint density at radius 3 is 1.23 bits per heavy atom. The molecule has 0 aromatic rings. The van der Waals surface area contributed by atoms with Crippen LogP contribution in [0.2, 0.25) is 0 Å². The van der Waals surface area contributed by atoms with Crippen LogP contribution in [-0.2, 0) is 38.4 Å². The highest BCUT2D eigenvalue weighted by Gasteiger charge is 2.33. The molecule has 1 aliphatic heterocycles. The van der Waals surface area contributed by atoms with Gasteiger partial charge in [0.25, 0.3) is 0 Å². The van der Waals surface area contributed by atoms with Gasteiger partial charge in [-0.1, -0.05) is 90.4 Å². The maximum absolute atomic E-state index is 14.0. The second kappa shape index (κ2) is 38.0. The van der Waals surface area contributed by atoms with Gasteiger partial charge < -0.3 is 57.9 Å². The van der Waals surface area contributed by atoms with Crippen molar-refractivity contribution in [3.05, 3.63) is 0 Å². The van der Waals surface area contributed by atoms with Gasteiger partial charge in [-0.15, -0.1) is 0 Å². The van der Waals surface area contributed by atoms with E-state index >= 15 is 0 Å². The van der Waals surface area contributed by atoms with Crippen LogP contribution in [0.1, 0.15) is 167 Å². The van der Waals surface area contributed by atoms with Gasteiger partial charge in [0, 0.05) is 71.7 Å². The van der Waals surface area contributed by atoms with Crippen LogP contribution in [0.5, 0.6) is 0 Å². The smallest absolute Gasteiger partial charge is 0.243 e. The van der Waals surface area contributed by atoms with E-state index < -0.39 is 65.5 Å². The third kappa shape index (κ3) is 29.2. The number of nitrogens with one attached hydrogen (secondary N) is 8. The molecule has 1 heterocycles. The Morgan fingerprint density at radius 1 is 0.500 bits per heavy atom. The van der Waals surface area contributed by atoms with E-state index in [2.05, 4.69) is 49.5 Å². The summed E-state index contributed by atoms with van der Waals surface area (Å²) in [7, 11) is 0. The molecule has 4 atom stereocenters. The van der Waals surface area contributed by atoms with Crippen LogP contribution < -0.4 is 42.5 Å². The van der Waals surface area contributed by atoms with Crippen LogP contribution in [0, 0.1) is 0 Å². The number of aliphatic hydroxyl groups is 3. The van der Waals surface area contributed by atoms with Crippen molar-refractivity contribution in [1.29, 1.82) is 0 Å². The molecular weight excluding hydrogens is 829 g/mol. The summed E-state index contributed by atoms with van der Waals surface area (Å²) in [6.07, 6.45) is 16.7. The molecule has 19 nitrogen and oxygen atoms in total. The predicted molar refractivity (Wildman–Crippen MR) is 242 cm³/mol. The van der Waals surface area contributed by atoms with Gasteiger partial charge in [-0.05, 0) is 51.4 Å². The molecule has 0 spiro atoms. The molecule has 0 aliphatic carbocycles. The van der Waals surface area contributed by atoms with Gasteiger partial charge in [0.2, 0.25) is 47.3 Å². The lowest BCUT2D eigenvalue weighted by Crippen LogP contribution is -2.58. The molecule has 11 N–H and O–H groups in total. The van der Waals surface area contributed by atoms with Crippen molar-refractivity contribution in [3.63, 3.8) is 0 Å². The van der Waals surface area contributed by atoms with Gasteiger partial charge in [-0.3, -0.25) is 38.4 Å². The Bertz CT molecular complexity index is 1370. The predicted octanol–water partition coefficient (Wildman–Crippen LogP) is 1.15. The molecule has 0 unspecified atom stereocenters. The normalized spacial score (nSPS) is 14.7. The lowest BCUT2D eigenvalue weighted by atomic mass is 10.0. The van der Waals surface area contributed by atoms with Crippen LogP contribution in [0.25, 0.3) is 0 Å². The number of aliphatic hydroxyl groups excluding tert-OH is 3. The number of hydrogen-bond acceptors (Lipinski definition) is 11. The summed E-state index contributed by atoms with van der Waals surface area (Å²) in [4.78, 5) is 104. The molecule has 1 rings (SSSR count). The van der Waals surface area contributed by atoms with Gasteiger partial charge in [0.1, 0.15) is 24.2 Å². The molecule has 0 aromatic carbocycles. The molecular formula is C45H82N8O11. The topological polar surface area (TPSA) is 293 Å². The molecule has 0 saturated carbocycles. The van der Waals surface area contributed by atoms with Crippen molar-refractivity contribution in [2.24, 2.45) is 0 Å². The molecule has 0 aromatic heterocycles. The summed E-state index contributed by atoms with van der Waals surface area (Å²) in [6, 6.07) is -4.88. The van der Waals surface area contributed by atoms with E-state index in [1.165, 1.54) is 64.2 Å². The van der Waals surface area contributed by atoms with Crippen molar-refractivity contribution < 1.29 is 53.7 Å². The third-order valence-corrected chi connectivity index (χ3v) is 11.0. The van der Waals surface area contributed by atoms with E-state index in [1.807, 2.05) is 0 Å². The summed E-state index contributed by atoms with van der Waals surface area (Å²) in [5, 5.41) is 48.4. The Kier molecular flexibility index (Phi) is 34.2. The molecule has 8 amide bonds. The Morgan fingerprint density at radius 2 is 0.859 bits per heavy atom. The second-order valence-electron chi connectivity index (χ2n) is 16.6. The van der Waals surface area contributed by atoms with Crippen LogP contribution in [0.4, 0.5) is 0 Å². The first-order valence-electron chi connectivity index (χ1n) is 24.1. The number of hydrogen-bond donors (Lipinski definition) is 11. The first kappa shape index (κ1) is 57.7. The second-order valence-corrected chi connectivity index (χ2v) is 16.6. The van der Waals surface area contributed by atoms with Crippen LogP contribution >= 0.6 is 0 Å².